The lowest BCUT2D eigenvalue weighted by molar-refractivity contribution is 0.0178. The summed E-state index contributed by atoms with van der Waals surface area (Å²) in [7, 11) is 2.81. The molecule has 0 bridgehead atoms. The second kappa shape index (κ2) is 10.7. The van der Waals surface area contributed by atoms with Gasteiger partial charge in [0.15, 0.2) is 11.5 Å². The highest BCUT2D eigenvalue weighted by Gasteiger charge is 2.15. The standard InChI is InChI=1S/C15H22O8/c1-19-3-4-21-5-6-22-7-8-23-13-10-11(15(18)20-2)9-12(16)14(13)17/h9-10,16-17H,3-8H2,1-2H3. The number of phenolic OH excluding ortho intramolecular Hbond substituents is 2. The molecule has 0 fully saturated rings. The summed E-state index contributed by atoms with van der Waals surface area (Å²) in [6.07, 6.45) is 0. The van der Waals surface area contributed by atoms with E-state index in [9.17, 15) is 15.0 Å². The highest BCUT2D eigenvalue weighted by Crippen LogP contribution is 2.36. The monoisotopic (exact) mass is 330 g/mol. The molecule has 1 aromatic rings. The summed E-state index contributed by atoms with van der Waals surface area (Å²) in [5.74, 6) is -1.57. The fraction of sp³-hybridized carbons (Fsp3) is 0.533. The van der Waals surface area contributed by atoms with Crippen molar-refractivity contribution < 1.29 is 38.7 Å². The van der Waals surface area contributed by atoms with Gasteiger partial charge in [-0.1, -0.05) is 0 Å². The molecule has 0 saturated carbocycles. The molecule has 0 aromatic heterocycles. The number of rotatable bonds is 11. The van der Waals surface area contributed by atoms with Crippen molar-refractivity contribution in [2.24, 2.45) is 0 Å². The van der Waals surface area contributed by atoms with Crippen LogP contribution in [0.3, 0.4) is 0 Å². The van der Waals surface area contributed by atoms with E-state index in [1.54, 1.807) is 7.11 Å². The van der Waals surface area contributed by atoms with Crippen molar-refractivity contribution in [3.05, 3.63) is 17.7 Å². The van der Waals surface area contributed by atoms with E-state index in [-0.39, 0.29) is 24.5 Å². The third-order valence-corrected chi connectivity index (χ3v) is 2.76. The van der Waals surface area contributed by atoms with E-state index in [1.807, 2.05) is 0 Å². The van der Waals surface area contributed by atoms with Gasteiger partial charge in [0.25, 0.3) is 0 Å². The van der Waals surface area contributed by atoms with Gasteiger partial charge in [-0.15, -0.1) is 0 Å². The molecule has 8 nitrogen and oxygen atoms in total. The Morgan fingerprint density at radius 2 is 1.57 bits per heavy atom. The maximum atomic E-state index is 11.4. The van der Waals surface area contributed by atoms with Crippen LogP contribution in [0.25, 0.3) is 0 Å². The maximum Gasteiger partial charge on any atom is 0.338 e. The first-order valence-electron chi connectivity index (χ1n) is 7.01. The van der Waals surface area contributed by atoms with Crippen molar-refractivity contribution in [1.82, 2.24) is 0 Å². The van der Waals surface area contributed by atoms with Crippen LogP contribution in [-0.4, -0.2) is 70.0 Å². The molecule has 0 aliphatic rings. The molecule has 0 heterocycles. The number of hydrogen-bond acceptors (Lipinski definition) is 8. The number of hydrogen-bond donors (Lipinski definition) is 2. The Bertz CT molecular complexity index is 489. The number of esters is 1. The molecule has 0 spiro atoms. The highest BCUT2D eigenvalue weighted by atomic mass is 16.6. The molecule has 0 amide bonds. The Balaban J connectivity index is 2.34. The van der Waals surface area contributed by atoms with E-state index in [0.717, 1.165) is 6.07 Å². The van der Waals surface area contributed by atoms with Gasteiger partial charge in [-0.05, 0) is 12.1 Å². The zero-order valence-electron chi connectivity index (χ0n) is 13.2. The first-order chi connectivity index (χ1) is 11.1. The van der Waals surface area contributed by atoms with E-state index in [4.69, 9.17) is 18.9 Å². The first kappa shape index (κ1) is 19.0. The van der Waals surface area contributed by atoms with E-state index in [2.05, 4.69) is 4.74 Å². The van der Waals surface area contributed by atoms with Crippen LogP contribution in [0.2, 0.25) is 0 Å². The lowest BCUT2D eigenvalue weighted by Crippen LogP contribution is -2.12. The summed E-state index contributed by atoms with van der Waals surface area (Å²) >= 11 is 0. The van der Waals surface area contributed by atoms with Crippen LogP contribution < -0.4 is 4.74 Å². The SMILES string of the molecule is COCCOCCOCCOc1cc(C(=O)OC)cc(O)c1O. The summed E-state index contributed by atoms with van der Waals surface area (Å²) in [6, 6.07) is 2.39. The van der Waals surface area contributed by atoms with Crippen LogP contribution in [0.15, 0.2) is 12.1 Å². The van der Waals surface area contributed by atoms with Crippen molar-refractivity contribution in [2.75, 3.05) is 53.9 Å². The molecule has 0 radical (unpaired) electrons. The zero-order chi connectivity index (χ0) is 17.1. The molecule has 0 unspecified atom stereocenters. The van der Waals surface area contributed by atoms with Crippen LogP contribution in [0.4, 0.5) is 0 Å². The Kier molecular flexibility index (Phi) is 8.81. The minimum Gasteiger partial charge on any atom is -0.504 e. The summed E-state index contributed by atoms with van der Waals surface area (Å²) in [6.45, 7) is 2.26. The van der Waals surface area contributed by atoms with Gasteiger partial charge in [-0.3, -0.25) is 0 Å². The average molecular weight is 330 g/mol. The predicted molar refractivity (Wildman–Crippen MR) is 80.1 cm³/mol. The number of carbonyl (C=O) groups is 1. The number of methoxy groups -OCH3 is 2. The van der Waals surface area contributed by atoms with Crippen LogP contribution in [0, 0.1) is 0 Å². The van der Waals surface area contributed by atoms with Crippen molar-refractivity contribution >= 4 is 5.97 Å². The van der Waals surface area contributed by atoms with Crippen LogP contribution >= 0.6 is 0 Å². The number of aromatic hydroxyl groups is 2. The quantitative estimate of drug-likeness (QED) is 0.351. The smallest absolute Gasteiger partial charge is 0.338 e. The van der Waals surface area contributed by atoms with Gasteiger partial charge < -0.3 is 33.9 Å². The minimum absolute atomic E-state index is 0.0228. The number of phenols is 2. The third kappa shape index (κ3) is 6.72. The van der Waals surface area contributed by atoms with E-state index in [1.165, 1.54) is 13.2 Å². The lowest BCUT2D eigenvalue weighted by atomic mass is 10.2. The molecule has 1 aromatic carbocycles. The summed E-state index contributed by atoms with van der Waals surface area (Å²) in [5, 5.41) is 19.3. The van der Waals surface area contributed by atoms with Gasteiger partial charge >= 0.3 is 5.97 Å². The fourth-order valence-electron chi connectivity index (χ4n) is 1.61. The second-order valence-corrected chi connectivity index (χ2v) is 4.40. The average Bonchev–Trinajstić information content (AvgIpc) is 2.56. The fourth-order valence-corrected chi connectivity index (χ4v) is 1.61. The van der Waals surface area contributed by atoms with Gasteiger partial charge in [0, 0.05) is 7.11 Å². The molecule has 8 heteroatoms. The van der Waals surface area contributed by atoms with Gasteiger partial charge in [-0.25, -0.2) is 4.79 Å². The third-order valence-electron chi connectivity index (χ3n) is 2.76. The molecule has 0 aliphatic heterocycles. The number of benzene rings is 1. The Morgan fingerprint density at radius 3 is 2.17 bits per heavy atom. The maximum absolute atomic E-state index is 11.4. The van der Waals surface area contributed by atoms with Gasteiger partial charge in [0.2, 0.25) is 5.75 Å². The van der Waals surface area contributed by atoms with Crippen LogP contribution in [0.5, 0.6) is 17.2 Å². The lowest BCUT2D eigenvalue weighted by Gasteiger charge is -2.11. The summed E-state index contributed by atoms with van der Waals surface area (Å²) < 4.78 is 25.2. The second-order valence-electron chi connectivity index (χ2n) is 4.40. The molecule has 23 heavy (non-hydrogen) atoms. The largest absolute Gasteiger partial charge is 0.504 e. The van der Waals surface area contributed by atoms with Gasteiger partial charge in [-0.2, -0.15) is 0 Å². The van der Waals surface area contributed by atoms with Gasteiger partial charge in [0.1, 0.15) is 6.61 Å². The molecule has 0 atom stereocenters. The highest BCUT2D eigenvalue weighted by molar-refractivity contribution is 5.91. The van der Waals surface area contributed by atoms with Crippen molar-refractivity contribution in [3.8, 4) is 17.2 Å². The topological polar surface area (TPSA) is 104 Å². The van der Waals surface area contributed by atoms with E-state index < -0.39 is 17.5 Å². The Hall–Kier alpha value is -2.03. The molecule has 2 N–H and O–H groups in total. The Morgan fingerprint density at radius 1 is 0.957 bits per heavy atom. The van der Waals surface area contributed by atoms with Crippen molar-refractivity contribution in [2.45, 2.75) is 0 Å². The minimum atomic E-state index is -0.644. The van der Waals surface area contributed by atoms with E-state index >= 15 is 0 Å². The predicted octanol–water partition coefficient (Wildman–Crippen LogP) is 0.943. The van der Waals surface area contributed by atoms with Crippen LogP contribution in [-0.2, 0) is 18.9 Å². The molecule has 0 saturated heterocycles. The molecule has 130 valence electrons. The number of ether oxygens (including phenoxy) is 5. The first-order valence-corrected chi connectivity index (χ1v) is 7.01. The van der Waals surface area contributed by atoms with Crippen LogP contribution in [0.1, 0.15) is 10.4 Å². The molecular formula is C15H22O8. The molecule has 0 aliphatic carbocycles. The van der Waals surface area contributed by atoms with Gasteiger partial charge in [0.05, 0.1) is 45.7 Å². The summed E-state index contributed by atoms with van der Waals surface area (Å²) in [4.78, 5) is 11.4. The van der Waals surface area contributed by atoms with Crippen molar-refractivity contribution in [3.63, 3.8) is 0 Å². The van der Waals surface area contributed by atoms with E-state index in [0.29, 0.717) is 26.4 Å². The van der Waals surface area contributed by atoms with Crippen molar-refractivity contribution in [1.29, 1.82) is 0 Å². The molecule has 1 rings (SSSR count). The normalized spacial score (nSPS) is 10.5. The zero-order valence-corrected chi connectivity index (χ0v) is 13.2. The molecular weight excluding hydrogens is 308 g/mol. The summed E-state index contributed by atoms with van der Waals surface area (Å²) in [5.41, 5.74) is 0.0743. The Labute approximate surface area is 134 Å². The number of carbonyl (C=O) groups excluding carboxylic acids is 1.